The number of piperazine rings is 1. The minimum Gasteiger partial charge on any atom is -0.377 e. The molecule has 0 saturated carbocycles. The Bertz CT molecular complexity index is 817. The van der Waals surface area contributed by atoms with Crippen molar-refractivity contribution in [3.63, 3.8) is 0 Å². The average molecular weight is 369 g/mol. The topological polar surface area (TPSA) is 82.8 Å². The number of hydrogen-bond donors (Lipinski definition) is 0. The molecule has 8 heteroatoms. The third-order valence-electron chi connectivity index (χ3n) is 4.72. The highest BCUT2D eigenvalue weighted by molar-refractivity contribution is 6.00. The van der Waals surface area contributed by atoms with Gasteiger partial charge in [-0.3, -0.25) is 24.8 Å². The van der Waals surface area contributed by atoms with Gasteiger partial charge in [0.1, 0.15) is 0 Å². The number of nitrogens with zero attached hydrogens (tertiary/aromatic N) is 5. The van der Waals surface area contributed by atoms with Crippen molar-refractivity contribution in [2.45, 2.75) is 6.54 Å². The van der Waals surface area contributed by atoms with E-state index in [0.717, 1.165) is 19.6 Å². The number of carbonyl (C=O) groups is 1. The zero-order valence-electron chi connectivity index (χ0n) is 15.5. The second-order valence-corrected chi connectivity index (χ2v) is 6.78. The molecule has 0 unspecified atom stereocenters. The maximum Gasteiger partial charge on any atom is 0.270 e. The van der Waals surface area contributed by atoms with Crippen LogP contribution < -0.4 is 4.90 Å². The lowest BCUT2D eigenvalue weighted by Crippen LogP contribution is -2.48. The van der Waals surface area contributed by atoms with Gasteiger partial charge in [0.15, 0.2) is 0 Å². The first-order chi connectivity index (χ1) is 13.0. The first kappa shape index (κ1) is 18.8. The molecule has 0 aliphatic carbocycles. The SMILES string of the molecule is CN(C)c1ccc([N+](=O)[O-])cc1C(=O)N1CCN(Cc2ccncc2)CC1. The summed E-state index contributed by atoms with van der Waals surface area (Å²) in [6.07, 6.45) is 3.56. The van der Waals surface area contributed by atoms with E-state index in [2.05, 4.69) is 9.88 Å². The molecule has 1 saturated heterocycles. The first-order valence-corrected chi connectivity index (χ1v) is 8.82. The van der Waals surface area contributed by atoms with E-state index >= 15 is 0 Å². The number of anilines is 1. The molecular formula is C19H23N5O3. The highest BCUT2D eigenvalue weighted by Gasteiger charge is 2.26. The summed E-state index contributed by atoms with van der Waals surface area (Å²) in [5, 5.41) is 11.1. The maximum atomic E-state index is 13.0. The Kier molecular flexibility index (Phi) is 5.66. The summed E-state index contributed by atoms with van der Waals surface area (Å²) in [7, 11) is 3.65. The molecule has 0 atom stereocenters. The molecule has 1 aromatic carbocycles. The van der Waals surface area contributed by atoms with Crippen molar-refractivity contribution in [2.75, 3.05) is 45.2 Å². The number of nitro groups is 1. The van der Waals surface area contributed by atoms with Crippen molar-refractivity contribution < 1.29 is 9.72 Å². The van der Waals surface area contributed by atoms with E-state index in [9.17, 15) is 14.9 Å². The second-order valence-electron chi connectivity index (χ2n) is 6.78. The van der Waals surface area contributed by atoms with Crippen molar-refractivity contribution >= 4 is 17.3 Å². The number of aromatic nitrogens is 1. The van der Waals surface area contributed by atoms with Crippen LogP contribution in [0.5, 0.6) is 0 Å². The average Bonchev–Trinajstić information content (AvgIpc) is 2.68. The highest BCUT2D eigenvalue weighted by Crippen LogP contribution is 2.26. The van der Waals surface area contributed by atoms with E-state index in [4.69, 9.17) is 0 Å². The van der Waals surface area contributed by atoms with Crippen LogP contribution in [0.15, 0.2) is 42.7 Å². The second kappa shape index (κ2) is 8.13. The Morgan fingerprint density at radius 3 is 2.41 bits per heavy atom. The van der Waals surface area contributed by atoms with Crippen LogP contribution in [-0.2, 0) is 6.54 Å². The van der Waals surface area contributed by atoms with Gasteiger partial charge in [-0.05, 0) is 23.8 Å². The van der Waals surface area contributed by atoms with Crippen LogP contribution in [-0.4, -0.2) is 65.9 Å². The summed E-state index contributed by atoms with van der Waals surface area (Å²) in [6, 6.07) is 8.42. The number of hydrogen-bond acceptors (Lipinski definition) is 6. The number of pyridine rings is 1. The molecule has 0 N–H and O–H groups in total. The van der Waals surface area contributed by atoms with Gasteiger partial charge in [-0.1, -0.05) is 0 Å². The van der Waals surface area contributed by atoms with E-state index in [1.54, 1.807) is 28.3 Å². The Morgan fingerprint density at radius 2 is 1.81 bits per heavy atom. The van der Waals surface area contributed by atoms with E-state index in [0.29, 0.717) is 24.3 Å². The molecule has 1 aliphatic rings. The molecule has 1 aliphatic heterocycles. The molecule has 142 valence electrons. The molecule has 8 nitrogen and oxygen atoms in total. The summed E-state index contributed by atoms with van der Waals surface area (Å²) >= 11 is 0. The fourth-order valence-electron chi connectivity index (χ4n) is 3.22. The predicted molar refractivity (Wildman–Crippen MR) is 103 cm³/mol. The normalized spacial score (nSPS) is 14.8. The lowest BCUT2D eigenvalue weighted by Gasteiger charge is -2.35. The Hall–Kier alpha value is -3.00. The molecule has 1 amide bonds. The number of carbonyl (C=O) groups excluding carboxylic acids is 1. The quantitative estimate of drug-likeness (QED) is 0.592. The molecule has 1 aromatic heterocycles. The van der Waals surface area contributed by atoms with Gasteiger partial charge in [0.2, 0.25) is 0 Å². The summed E-state index contributed by atoms with van der Waals surface area (Å²) in [5.74, 6) is -0.161. The van der Waals surface area contributed by atoms with E-state index in [-0.39, 0.29) is 11.6 Å². The van der Waals surface area contributed by atoms with Crippen LogP contribution in [0.1, 0.15) is 15.9 Å². The lowest BCUT2D eigenvalue weighted by atomic mass is 10.1. The van der Waals surface area contributed by atoms with Gasteiger partial charge < -0.3 is 9.80 Å². The third kappa shape index (κ3) is 4.40. The number of rotatable bonds is 5. The molecular weight excluding hydrogens is 346 g/mol. The van der Waals surface area contributed by atoms with Crippen LogP contribution in [0.4, 0.5) is 11.4 Å². The maximum absolute atomic E-state index is 13.0. The number of amides is 1. The van der Waals surface area contributed by atoms with Gasteiger partial charge in [0.25, 0.3) is 11.6 Å². The highest BCUT2D eigenvalue weighted by atomic mass is 16.6. The smallest absolute Gasteiger partial charge is 0.270 e. The summed E-state index contributed by atoms with van der Waals surface area (Å²) < 4.78 is 0. The van der Waals surface area contributed by atoms with Crippen molar-refractivity contribution in [1.29, 1.82) is 0 Å². The van der Waals surface area contributed by atoms with E-state index < -0.39 is 4.92 Å². The Labute approximate surface area is 158 Å². The lowest BCUT2D eigenvalue weighted by molar-refractivity contribution is -0.384. The molecule has 0 spiro atoms. The van der Waals surface area contributed by atoms with Crippen LogP contribution in [0, 0.1) is 10.1 Å². The van der Waals surface area contributed by atoms with E-state index in [1.165, 1.54) is 17.7 Å². The van der Waals surface area contributed by atoms with Gasteiger partial charge in [-0.2, -0.15) is 0 Å². The van der Waals surface area contributed by atoms with Gasteiger partial charge in [-0.15, -0.1) is 0 Å². The molecule has 2 aromatic rings. The molecule has 0 radical (unpaired) electrons. The van der Waals surface area contributed by atoms with Crippen molar-refractivity contribution in [1.82, 2.24) is 14.8 Å². The Morgan fingerprint density at radius 1 is 1.15 bits per heavy atom. The largest absolute Gasteiger partial charge is 0.377 e. The fraction of sp³-hybridized carbons (Fsp3) is 0.368. The van der Waals surface area contributed by atoms with Crippen LogP contribution in [0.3, 0.4) is 0 Å². The van der Waals surface area contributed by atoms with Gasteiger partial charge in [-0.25, -0.2) is 0 Å². The first-order valence-electron chi connectivity index (χ1n) is 8.82. The van der Waals surface area contributed by atoms with Crippen LogP contribution >= 0.6 is 0 Å². The van der Waals surface area contributed by atoms with Gasteiger partial charge >= 0.3 is 0 Å². The zero-order chi connectivity index (χ0) is 19.4. The van der Waals surface area contributed by atoms with Gasteiger partial charge in [0.05, 0.1) is 10.5 Å². The number of nitro benzene ring substituents is 1. The van der Waals surface area contributed by atoms with E-state index in [1.807, 2.05) is 26.2 Å². The predicted octanol–water partition coefficient (Wildman–Crippen LogP) is 2.01. The van der Waals surface area contributed by atoms with Crippen LogP contribution in [0.2, 0.25) is 0 Å². The number of benzene rings is 1. The molecule has 1 fully saturated rings. The van der Waals surface area contributed by atoms with Gasteiger partial charge in [0, 0.05) is 77.0 Å². The standard InChI is InChI=1S/C19H23N5O3/c1-21(2)18-4-3-16(24(26)27)13-17(18)19(25)23-11-9-22(10-12-23)14-15-5-7-20-8-6-15/h3-8,13H,9-12,14H2,1-2H3. The fourth-order valence-corrected chi connectivity index (χ4v) is 3.22. The minimum atomic E-state index is -0.469. The third-order valence-corrected chi connectivity index (χ3v) is 4.72. The van der Waals surface area contributed by atoms with Crippen molar-refractivity contribution in [3.05, 3.63) is 64.0 Å². The van der Waals surface area contributed by atoms with Crippen LogP contribution in [0.25, 0.3) is 0 Å². The zero-order valence-corrected chi connectivity index (χ0v) is 15.5. The molecule has 2 heterocycles. The number of non-ortho nitro benzene ring substituents is 1. The minimum absolute atomic E-state index is 0.0692. The molecule has 0 bridgehead atoms. The summed E-state index contributed by atoms with van der Waals surface area (Å²) in [6.45, 7) is 3.55. The summed E-state index contributed by atoms with van der Waals surface area (Å²) in [4.78, 5) is 33.5. The van der Waals surface area contributed by atoms with Crippen molar-refractivity contribution in [3.8, 4) is 0 Å². The monoisotopic (exact) mass is 369 g/mol. The summed E-state index contributed by atoms with van der Waals surface area (Å²) in [5.41, 5.74) is 2.18. The molecule has 3 rings (SSSR count). The Balaban J connectivity index is 1.70. The molecule has 27 heavy (non-hydrogen) atoms. The van der Waals surface area contributed by atoms with Crippen molar-refractivity contribution in [2.24, 2.45) is 0 Å².